The number of carbonyl (C=O) groups is 3. The minimum Gasteiger partial charge on any atom is -0.355 e. The Hall–Kier alpha value is -1.08. The Morgan fingerprint density at radius 2 is 2.00 bits per heavy atom. The average molecular weight is 343 g/mol. The lowest BCUT2D eigenvalue weighted by molar-refractivity contribution is -0.138. The Balaban J connectivity index is 2.06. The minimum absolute atomic E-state index is 0.0575. The highest BCUT2D eigenvalue weighted by molar-refractivity contribution is 8.00. The predicted octanol–water partition coefficient (Wildman–Crippen LogP) is 1.15. The van der Waals surface area contributed by atoms with E-state index in [0.717, 1.165) is 25.8 Å². The van der Waals surface area contributed by atoms with Crippen molar-refractivity contribution in [2.24, 2.45) is 0 Å². The number of rotatable bonds is 11. The van der Waals surface area contributed by atoms with Gasteiger partial charge in [0.1, 0.15) is 0 Å². The van der Waals surface area contributed by atoms with Crippen molar-refractivity contribution in [1.29, 1.82) is 0 Å². The first-order chi connectivity index (χ1) is 11.0. The second-order valence-corrected chi connectivity index (χ2v) is 7.12. The molecule has 1 atom stereocenters. The monoisotopic (exact) mass is 343 g/mol. The second-order valence-electron chi connectivity index (χ2n) is 6.08. The molecule has 1 unspecified atom stereocenters. The summed E-state index contributed by atoms with van der Waals surface area (Å²) in [6.07, 6.45) is 5.07. The van der Waals surface area contributed by atoms with Crippen molar-refractivity contribution in [3.05, 3.63) is 0 Å². The van der Waals surface area contributed by atoms with E-state index in [4.69, 9.17) is 0 Å². The number of likely N-dealkylation sites (tertiary alicyclic amines) is 1. The molecule has 0 aromatic heterocycles. The molecular formula is C16H29N3O3S. The fourth-order valence-corrected chi connectivity index (χ4v) is 3.09. The molecule has 0 bridgehead atoms. The van der Waals surface area contributed by atoms with Crippen LogP contribution in [0.2, 0.25) is 0 Å². The molecule has 1 aliphatic rings. The van der Waals surface area contributed by atoms with E-state index in [9.17, 15) is 14.4 Å². The molecule has 1 rings (SSSR count). The van der Waals surface area contributed by atoms with Gasteiger partial charge in [0.15, 0.2) is 0 Å². The molecule has 132 valence electrons. The number of amides is 3. The quantitative estimate of drug-likeness (QED) is 0.435. The number of imide groups is 1. The maximum absolute atomic E-state index is 11.9. The molecule has 1 fully saturated rings. The first-order valence-electron chi connectivity index (χ1n) is 8.32. The smallest absolute Gasteiger partial charge is 0.242 e. The molecule has 6 nitrogen and oxygen atoms in total. The van der Waals surface area contributed by atoms with Crippen molar-refractivity contribution >= 4 is 29.5 Å². The standard InChI is InChI=1S/C16H29N3O3S/c1-12(2)17-8-9-18-14(20)7-5-4-6-10-19-15(21)11-13(23-3)16(19)22/h12-13,17H,4-11H2,1-3H3,(H,18,20). The minimum atomic E-state index is -0.201. The Kier molecular flexibility index (Phi) is 9.24. The van der Waals surface area contributed by atoms with Gasteiger partial charge in [0, 0.05) is 38.5 Å². The number of nitrogens with zero attached hydrogens (tertiary/aromatic N) is 1. The van der Waals surface area contributed by atoms with Crippen molar-refractivity contribution < 1.29 is 14.4 Å². The predicted molar refractivity (Wildman–Crippen MR) is 93.3 cm³/mol. The summed E-state index contributed by atoms with van der Waals surface area (Å²) in [5.41, 5.74) is 0. The zero-order chi connectivity index (χ0) is 17.2. The first kappa shape index (κ1) is 20.0. The van der Waals surface area contributed by atoms with Gasteiger partial charge in [0.2, 0.25) is 17.7 Å². The number of nitrogens with one attached hydrogen (secondary N) is 2. The van der Waals surface area contributed by atoms with Gasteiger partial charge in [-0.25, -0.2) is 0 Å². The normalized spacial score (nSPS) is 18.1. The number of unbranched alkanes of at least 4 members (excludes halogenated alkanes) is 2. The molecule has 0 aromatic rings. The third kappa shape index (κ3) is 7.35. The largest absolute Gasteiger partial charge is 0.355 e. The van der Waals surface area contributed by atoms with Crippen LogP contribution in [0.15, 0.2) is 0 Å². The van der Waals surface area contributed by atoms with Gasteiger partial charge in [-0.2, -0.15) is 11.8 Å². The lowest BCUT2D eigenvalue weighted by Crippen LogP contribution is -2.34. The molecule has 0 aliphatic carbocycles. The van der Waals surface area contributed by atoms with Crippen molar-refractivity contribution in [3.8, 4) is 0 Å². The van der Waals surface area contributed by atoms with Crippen molar-refractivity contribution in [2.45, 2.75) is 57.2 Å². The molecule has 1 saturated heterocycles. The molecule has 3 amide bonds. The van der Waals surface area contributed by atoms with E-state index in [-0.39, 0.29) is 23.0 Å². The van der Waals surface area contributed by atoms with Crippen molar-refractivity contribution in [1.82, 2.24) is 15.5 Å². The summed E-state index contributed by atoms with van der Waals surface area (Å²) in [4.78, 5) is 36.7. The zero-order valence-electron chi connectivity index (χ0n) is 14.4. The number of hydrogen-bond donors (Lipinski definition) is 2. The molecule has 1 heterocycles. The van der Waals surface area contributed by atoms with Crippen LogP contribution in [-0.2, 0) is 14.4 Å². The maximum atomic E-state index is 11.9. The van der Waals surface area contributed by atoms with E-state index in [2.05, 4.69) is 24.5 Å². The molecule has 1 aliphatic heterocycles. The fourth-order valence-electron chi connectivity index (χ4n) is 2.46. The van der Waals surface area contributed by atoms with Crippen molar-refractivity contribution in [3.63, 3.8) is 0 Å². The van der Waals surface area contributed by atoms with Crippen LogP contribution in [0.5, 0.6) is 0 Å². The third-order valence-electron chi connectivity index (χ3n) is 3.77. The SMILES string of the molecule is CSC1CC(=O)N(CCCCCC(=O)NCCNC(C)C)C1=O. The van der Waals surface area contributed by atoms with Gasteiger partial charge in [0.05, 0.1) is 5.25 Å². The molecule has 23 heavy (non-hydrogen) atoms. The third-order valence-corrected chi connectivity index (χ3v) is 4.71. The van der Waals surface area contributed by atoms with E-state index < -0.39 is 0 Å². The fraction of sp³-hybridized carbons (Fsp3) is 0.812. The van der Waals surface area contributed by atoms with E-state index in [0.29, 0.717) is 32.0 Å². The van der Waals surface area contributed by atoms with Gasteiger partial charge in [-0.1, -0.05) is 20.3 Å². The highest BCUT2D eigenvalue weighted by Gasteiger charge is 2.37. The molecule has 7 heteroatoms. The summed E-state index contributed by atoms with van der Waals surface area (Å²) < 4.78 is 0. The highest BCUT2D eigenvalue weighted by atomic mass is 32.2. The van der Waals surface area contributed by atoms with Gasteiger partial charge in [-0.05, 0) is 19.1 Å². The molecule has 0 radical (unpaired) electrons. The number of thioether (sulfide) groups is 1. The van der Waals surface area contributed by atoms with Gasteiger partial charge in [0.25, 0.3) is 0 Å². The van der Waals surface area contributed by atoms with Crippen LogP contribution < -0.4 is 10.6 Å². The van der Waals surface area contributed by atoms with E-state index >= 15 is 0 Å². The summed E-state index contributed by atoms with van der Waals surface area (Å²) in [6.45, 7) is 6.04. The lowest BCUT2D eigenvalue weighted by atomic mass is 10.2. The molecule has 0 spiro atoms. The number of carbonyl (C=O) groups excluding carboxylic acids is 3. The van der Waals surface area contributed by atoms with E-state index in [1.807, 2.05) is 6.26 Å². The molecule has 2 N–H and O–H groups in total. The van der Waals surface area contributed by atoms with Crippen LogP contribution in [0.1, 0.15) is 46.0 Å². The topological polar surface area (TPSA) is 78.5 Å². The first-order valence-corrected chi connectivity index (χ1v) is 9.61. The zero-order valence-corrected chi connectivity index (χ0v) is 15.2. The Morgan fingerprint density at radius 1 is 1.26 bits per heavy atom. The lowest BCUT2D eigenvalue weighted by Gasteiger charge is -2.14. The van der Waals surface area contributed by atoms with Gasteiger partial charge < -0.3 is 10.6 Å². The van der Waals surface area contributed by atoms with E-state index in [1.165, 1.54) is 16.7 Å². The number of hydrogen-bond acceptors (Lipinski definition) is 5. The van der Waals surface area contributed by atoms with Crippen molar-refractivity contribution in [2.75, 3.05) is 25.9 Å². The maximum Gasteiger partial charge on any atom is 0.242 e. The Labute approximate surface area is 143 Å². The van der Waals surface area contributed by atoms with Crippen LogP contribution in [0.3, 0.4) is 0 Å². The summed E-state index contributed by atoms with van der Waals surface area (Å²) in [5, 5.41) is 5.91. The highest BCUT2D eigenvalue weighted by Crippen LogP contribution is 2.23. The Bertz CT molecular complexity index is 415. The van der Waals surface area contributed by atoms with Crippen LogP contribution in [0, 0.1) is 0 Å². The van der Waals surface area contributed by atoms with Crippen LogP contribution >= 0.6 is 11.8 Å². The molecule has 0 saturated carbocycles. The summed E-state index contributed by atoms with van der Waals surface area (Å²) in [5.74, 6) is -0.0611. The van der Waals surface area contributed by atoms with Crippen LogP contribution in [0.4, 0.5) is 0 Å². The van der Waals surface area contributed by atoms with E-state index in [1.54, 1.807) is 0 Å². The average Bonchev–Trinajstić information content (AvgIpc) is 2.78. The molecule has 0 aromatic carbocycles. The van der Waals surface area contributed by atoms with Gasteiger partial charge >= 0.3 is 0 Å². The van der Waals surface area contributed by atoms with Gasteiger partial charge in [-0.15, -0.1) is 0 Å². The summed E-state index contributed by atoms with van der Waals surface area (Å²) in [7, 11) is 0. The second kappa shape index (κ2) is 10.6. The van der Waals surface area contributed by atoms with Gasteiger partial charge in [-0.3, -0.25) is 19.3 Å². The molecular weight excluding hydrogens is 314 g/mol. The Morgan fingerprint density at radius 3 is 2.61 bits per heavy atom. The van der Waals surface area contributed by atoms with Crippen LogP contribution in [-0.4, -0.2) is 59.8 Å². The summed E-state index contributed by atoms with van der Waals surface area (Å²) in [6, 6.07) is 0.425. The van der Waals surface area contributed by atoms with Crippen LogP contribution in [0.25, 0.3) is 0 Å². The summed E-state index contributed by atoms with van der Waals surface area (Å²) >= 11 is 1.44.